The molecule has 0 radical (unpaired) electrons. The standard InChI is InChI=1S/C12H12N2O4S/c15-7-10-6-14(19(17,18)13-10)11-4-8-2-1-3-9(8)5-12(11)16/h1-2,4-5,7,10,13,16H,3,6H2. The molecular weight excluding hydrogens is 268 g/mol. The maximum Gasteiger partial charge on any atom is 0.302 e. The van der Waals surface area contributed by atoms with Crippen LogP contribution in [0.2, 0.25) is 0 Å². The van der Waals surface area contributed by atoms with Gasteiger partial charge in [-0.3, -0.25) is 4.31 Å². The van der Waals surface area contributed by atoms with Crippen molar-refractivity contribution in [1.29, 1.82) is 0 Å². The van der Waals surface area contributed by atoms with Crippen LogP contribution in [0.3, 0.4) is 0 Å². The molecule has 100 valence electrons. The Morgan fingerprint density at radius 1 is 1.42 bits per heavy atom. The minimum absolute atomic E-state index is 0.0120. The van der Waals surface area contributed by atoms with Crippen molar-refractivity contribution in [2.24, 2.45) is 0 Å². The van der Waals surface area contributed by atoms with Crippen molar-refractivity contribution in [2.75, 3.05) is 10.8 Å². The van der Waals surface area contributed by atoms with Crippen LogP contribution in [0.4, 0.5) is 5.69 Å². The topological polar surface area (TPSA) is 86.7 Å². The minimum Gasteiger partial charge on any atom is -0.506 e. The van der Waals surface area contributed by atoms with Gasteiger partial charge in [-0.05, 0) is 29.7 Å². The highest BCUT2D eigenvalue weighted by atomic mass is 32.2. The number of fused-ring (bicyclic) bond motifs is 1. The maximum absolute atomic E-state index is 11.9. The zero-order chi connectivity index (χ0) is 13.6. The zero-order valence-electron chi connectivity index (χ0n) is 9.91. The second-order valence-electron chi connectivity index (χ2n) is 4.54. The molecule has 19 heavy (non-hydrogen) atoms. The van der Waals surface area contributed by atoms with Gasteiger partial charge in [-0.15, -0.1) is 0 Å². The third kappa shape index (κ3) is 1.91. The number of hydrogen-bond acceptors (Lipinski definition) is 4. The smallest absolute Gasteiger partial charge is 0.302 e. The number of carbonyl (C=O) groups excluding carboxylic acids is 1. The number of carbonyl (C=O) groups is 1. The summed E-state index contributed by atoms with van der Waals surface area (Å²) in [5, 5.41) is 9.98. The molecule has 1 aliphatic heterocycles. The molecule has 7 heteroatoms. The lowest BCUT2D eigenvalue weighted by atomic mass is 10.1. The fourth-order valence-electron chi connectivity index (χ4n) is 2.35. The number of benzene rings is 1. The van der Waals surface area contributed by atoms with E-state index in [1.54, 1.807) is 12.1 Å². The summed E-state index contributed by atoms with van der Waals surface area (Å²) in [7, 11) is -3.77. The van der Waals surface area contributed by atoms with Gasteiger partial charge in [0, 0.05) is 0 Å². The molecule has 1 aromatic carbocycles. The van der Waals surface area contributed by atoms with Crippen LogP contribution in [-0.4, -0.2) is 32.4 Å². The van der Waals surface area contributed by atoms with Crippen molar-refractivity contribution < 1.29 is 18.3 Å². The third-order valence-corrected chi connectivity index (χ3v) is 4.78. The zero-order valence-corrected chi connectivity index (χ0v) is 10.7. The SMILES string of the molecule is O=CC1CN(c2cc3c(cc2O)CC=C3)S(=O)(=O)N1. The lowest BCUT2D eigenvalue weighted by Crippen LogP contribution is -2.30. The van der Waals surface area contributed by atoms with Gasteiger partial charge in [-0.25, -0.2) is 0 Å². The lowest BCUT2D eigenvalue weighted by molar-refractivity contribution is -0.108. The number of aromatic hydroxyl groups is 1. The molecule has 0 spiro atoms. The van der Waals surface area contributed by atoms with Crippen LogP contribution >= 0.6 is 0 Å². The van der Waals surface area contributed by atoms with Gasteiger partial charge in [0.25, 0.3) is 0 Å². The Morgan fingerprint density at radius 2 is 2.21 bits per heavy atom. The summed E-state index contributed by atoms with van der Waals surface area (Å²) < 4.78 is 27.1. The predicted molar refractivity (Wildman–Crippen MR) is 70.1 cm³/mol. The van der Waals surface area contributed by atoms with E-state index < -0.39 is 16.3 Å². The van der Waals surface area contributed by atoms with Crippen LogP contribution < -0.4 is 9.03 Å². The minimum atomic E-state index is -3.77. The number of phenolic OH excluding ortho intramolecular Hbond substituents is 1. The van der Waals surface area contributed by atoms with Crippen LogP contribution in [0.25, 0.3) is 6.08 Å². The van der Waals surface area contributed by atoms with Crippen molar-refractivity contribution in [3.8, 4) is 5.75 Å². The molecule has 0 saturated carbocycles. The number of hydrogen-bond donors (Lipinski definition) is 2. The Hall–Kier alpha value is -1.86. The molecule has 2 aliphatic rings. The van der Waals surface area contributed by atoms with E-state index in [1.165, 1.54) is 0 Å². The predicted octanol–water partition coefficient (Wildman–Crippen LogP) is 0.183. The summed E-state index contributed by atoms with van der Waals surface area (Å²) in [5.74, 6) is -0.0978. The molecule has 1 atom stereocenters. The highest BCUT2D eigenvalue weighted by molar-refractivity contribution is 7.91. The Labute approximate surface area is 110 Å². The monoisotopic (exact) mass is 280 g/mol. The molecule has 1 saturated heterocycles. The summed E-state index contributed by atoms with van der Waals surface area (Å²) in [6.45, 7) is -0.0120. The van der Waals surface area contributed by atoms with E-state index in [2.05, 4.69) is 4.72 Å². The van der Waals surface area contributed by atoms with Gasteiger partial charge in [-0.1, -0.05) is 12.2 Å². The highest BCUT2D eigenvalue weighted by Gasteiger charge is 2.36. The average molecular weight is 280 g/mol. The molecule has 0 bridgehead atoms. The number of rotatable bonds is 2. The summed E-state index contributed by atoms with van der Waals surface area (Å²) in [4.78, 5) is 10.7. The van der Waals surface area contributed by atoms with Crippen molar-refractivity contribution in [3.63, 3.8) is 0 Å². The normalized spacial score (nSPS) is 23.6. The summed E-state index contributed by atoms with van der Waals surface area (Å²) in [6.07, 6.45) is 5.09. The van der Waals surface area contributed by atoms with Gasteiger partial charge >= 0.3 is 10.2 Å². The van der Waals surface area contributed by atoms with Crippen LogP contribution in [0.5, 0.6) is 5.75 Å². The number of phenols is 1. The van der Waals surface area contributed by atoms with Crippen molar-refractivity contribution in [3.05, 3.63) is 29.3 Å². The van der Waals surface area contributed by atoms with Crippen LogP contribution in [-0.2, 0) is 21.4 Å². The van der Waals surface area contributed by atoms with E-state index in [0.717, 1.165) is 21.9 Å². The van der Waals surface area contributed by atoms with Crippen molar-refractivity contribution >= 4 is 28.3 Å². The number of anilines is 1. The molecule has 1 unspecified atom stereocenters. The number of nitrogens with zero attached hydrogens (tertiary/aromatic N) is 1. The average Bonchev–Trinajstić information content (AvgIpc) is 2.91. The quantitative estimate of drug-likeness (QED) is 0.757. The van der Waals surface area contributed by atoms with Gasteiger partial charge in [0.15, 0.2) is 0 Å². The van der Waals surface area contributed by atoms with E-state index >= 15 is 0 Å². The second kappa shape index (κ2) is 4.07. The van der Waals surface area contributed by atoms with Gasteiger partial charge in [0.05, 0.1) is 18.3 Å². The Balaban J connectivity index is 2.07. The first-order valence-electron chi connectivity index (χ1n) is 5.79. The molecule has 0 amide bonds. The van der Waals surface area contributed by atoms with Crippen LogP contribution in [0.15, 0.2) is 18.2 Å². The van der Waals surface area contributed by atoms with E-state index in [1.807, 2.05) is 12.2 Å². The molecule has 1 aliphatic carbocycles. The molecular formula is C12H12N2O4S. The highest BCUT2D eigenvalue weighted by Crippen LogP contribution is 2.36. The van der Waals surface area contributed by atoms with Gasteiger partial charge in [0.2, 0.25) is 0 Å². The molecule has 0 aromatic heterocycles. The largest absolute Gasteiger partial charge is 0.506 e. The van der Waals surface area contributed by atoms with Crippen molar-refractivity contribution in [2.45, 2.75) is 12.5 Å². The van der Waals surface area contributed by atoms with Gasteiger partial charge in [0.1, 0.15) is 12.0 Å². The first kappa shape index (κ1) is 12.2. The lowest BCUT2D eigenvalue weighted by Gasteiger charge is -2.18. The third-order valence-electron chi connectivity index (χ3n) is 3.26. The van der Waals surface area contributed by atoms with E-state index in [-0.39, 0.29) is 18.0 Å². The Kier molecular flexibility index (Phi) is 2.61. The summed E-state index contributed by atoms with van der Waals surface area (Å²) in [6, 6.07) is 2.41. The Bertz CT molecular complexity index is 681. The van der Waals surface area contributed by atoms with Crippen molar-refractivity contribution in [1.82, 2.24) is 4.72 Å². The van der Waals surface area contributed by atoms with E-state index in [0.29, 0.717) is 6.29 Å². The fraction of sp³-hybridized carbons (Fsp3) is 0.250. The molecule has 2 N–H and O–H groups in total. The number of allylic oxidation sites excluding steroid dienone is 1. The molecule has 1 fully saturated rings. The van der Waals surface area contributed by atoms with Crippen LogP contribution in [0, 0.1) is 0 Å². The molecule has 1 aromatic rings. The van der Waals surface area contributed by atoms with E-state index in [4.69, 9.17) is 0 Å². The Morgan fingerprint density at radius 3 is 2.89 bits per heavy atom. The van der Waals surface area contributed by atoms with E-state index in [9.17, 15) is 18.3 Å². The number of nitrogens with one attached hydrogen (secondary N) is 1. The summed E-state index contributed by atoms with van der Waals surface area (Å²) >= 11 is 0. The maximum atomic E-state index is 11.9. The molecule has 6 nitrogen and oxygen atoms in total. The second-order valence-corrected chi connectivity index (χ2v) is 6.17. The first-order chi connectivity index (χ1) is 9.01. The molecule has 3 rings (SSSR count). The molecule has 1 heterocycles. The first-order valence-corrected chi connectivity index (χ1v) is 7.23. The van der Waals surface area contributed by atoms with Gasteiger partial charge < -0.3 is 9.90 Å². The summed E-state index contributed by atoms with van der Waals surface area (Å²) in [5.41, 5.74) is 2.04. The number of aldehydes is 1. The fourth-order valence-corrected chi connectivity index (χ4v) is 3.75. The van der Waals surface area contributed by atoms with Gasteiger partial charge in [-0.2, -0.15) is 13.1 Å². The van der Waals surface area contributed by atoms with Crippen LogP contribution in [0.1, 0.15) is 11.1 Å².